The highest BCUT2D eigenvalue weighted by molar-refractivity contribution is 5.94. The van der Waals surface area contributed by atoms with Gasteiger partial charge in [-0.3, -0.25) is 4.79 Å². The highest BCUT2D eigenvalue weighted by atomic mass is 19.1. The van der Waals surface area contributed by atoms with Gasteiger partial charge in [0.15, 0.2) is 0 Å². The van der Waals surface area contributed by atoms with E-state index in [4.69, 9.17) is 9.72 Å². The molecule has 0 aliphatic carbocycles. The van der Waals surface area contributed by atoms with E-state index in [1.807, 2.05) is 6.07 Å². The number of aryl methyl sites for hydroxylation is 3. The van der Waals surface area contributed by atoms with E-state index in [2.05, 4.69) is 67.1 Å². The van der Waals surface area contributed by atoms with Crippen LogP contribution < -0.4 is 10.1 Å². The summed E-state index contributed by atoms with van der Waals surface area (Å²) in [5, 5.41) is 2.82. The summed E-state index contributed by atoms with van der Waals surface area (Å²) < 4.78 is 22.3. The first-order valence-corrected chi connectivity index (χ1v) is 13.6. The molecule has 0 bridgehead atoms. The van der Waals surface area contributed by atoms with Crippen LogP contribution in [0.1, 0.15) is 72.8 Å². The predicted octanol–water partition coefficient (Wildman–Crippen LogP) is 7.22. The molecule has 3 aromatic carbocycles. The number of halogens is 1. The third kappa shape index (κ3) is 7.00. The Balaban J connectivity index is 1.28. The zero-order chi connectivity index (χ0) is 26.9. The average Bonchev–Trinajstić information content (AvgIpc) is 3.25. The fourth-order valence-electron chi connectivity index (χ4n) is 4.74. The van der Waals surface area contributed by atoms with E-state index in [-0.39, 0.29) is 11.5 Å². The highest BCUT2D eigenvalue weighted by Crippen LogP contribution is 2.28. The smallest absolute Gasteiger partial charge is 0.254 e. The van der Waals surface area contributed by atoms with Crippen LogP contribution in [0, 0.1) is 12.7 Å². The van der Waals surface area contributed by atoms with Crippen LogP contribution in [0.15, 0.2) is 66.7 Å². The minimum atomic E-state index is -0.492. The lowest BCUT2D eigenvalue weighted by Gasteiger charge is -2.15. The van der Waals surface area contributed by atoms with E-state index < -0.39 is 5.82 Å². The molecule has 0 saturated carbocycles. The minimum absolute atomic E-state index is 0.0908. The number of hydrogen-bond acceptors (Lipinski definition) is 3. The van der Waals surface area contributed by atoms with Gasteiger partial charge in [-0.25, -0.2) is 9.37 Å². The number of carbonyl (C=O) groups is 1. The molecule has 0 aliphatic rings. The fraction of sp³-hybridized carbons (Fsp3) is 0.375. The van der Waals surface area contributed by atoms with Crippen molar-refractivity contribution in [1.82, 2.24) is 14.9 Å². The molecule has 0 saturated heterocycles. The number of fused-ring (bicyclic) bond motifs is 1. The van der Waals surface area contributed by atoms with E-state index in [0.29, 0.717) is 19.1 Å². The van der Waals surface area contributed by atoms with Crippen LogP contribution in [-0.2, 0) is 13.0 Å². The molecule has 0 unspecified atom stereocenters. The number of unbranched alkanes of at least 4 members (excludes halogenated alkanes) is 2. The first-order chi connectivity index (χ1) is 18.4. The number of imidazole rings is 1. The van der Waals surface area contributed by atoms with E-state index in [1.54, 1.807) is 12.1 Å². The summed E-state index contributed by atoms with van der Waals surface area (Å²) in [4.78, 5) is 17.1. The minimum Gasteiger partial charge on any atom is -0.493 e. The average molecular weight is 516 g/mol. The van der Waals surface area contributed by atoms with Gasteiger partial charge in [-0.05, 0) is 73.6 Å². The molecule has 5 nitrogen and oxygen atoms in total. The first-order valence-electron chi connectivity index (χ1n) is 13.6. The molecule has 200 valence electrons. The largest absolute Gasteiger partial charge is 0.493 e. The Kier molecular flexibility index (Phi) is 9.52. The number of hydrogen-bond donors (Lipinski definition) is 1. The predicted molar refractivity (Wildman–Crippen MR) is 151 cm³/mol. The maximum Gasteiger partial charge on any atom is 0.254 e. The standard InChI is InChI=1S/C32H38FN3O2/c1-23(2)25-18-17-24(3)22-30(25)38-21-11-20-36-29-15-9-8-14-28(29)35-31(36)16-5-4-10-19-34-32(37)26-12-6-7-13-27(26)33/h6-9,12-15,17-18,22-23H,4-5,10-11,16,19-21H2,1-3H3,(H,34,37). The number of aromatic nitrogens is 2. The third-order valence-electron chi connectivity index (χ3n) is 6.79. The van der Waals surface area contributed by atoms with Gasteiger partial charge in [0.05, 0.1) is 23.2 Å². The van der Waals surface area contributed by atoms with Crippen molar-refractivity contribution in [3.63, 3.8) is 0 Å². The van der Waals surface area contributed by atoms with Crippen LogP contribution in [-0.4, -0.2) is 28.6 Å². The first kappa shape index (κ1) is 27.4. The number of rotatable bonds is 13. The lowest BCUT2D eigenvalue weighted by Crippen LogP contribution is -2.25. The van der Waals surface area contributed by atoms with Crippen molar-refractivity contribution in [3.05, 3.63) is 95.1 Å². The van der Waals surface area contributed by atoms with Gasteiger partial charge in [0, 0.05) is 19.5 Å². The second-order valence-electron chi connectivity index (χ2n) is 10.1. The van der Waals surface area contributed by atoms with Gasteiger partial charge in [-0.15, -0.1) is 0 Å². The molecule has 4 rings (SSSR count). The maximum atomic E-state index is 13.8. The van der Waals surface area contributed by atoms with Gasteiger partial charge in [0.25, 0.3) is 5.91 Å². The van der Waals surface area contributed by atoms with Crippen LogP contribution in [0.2, 0.25) is 0 Å². The molecule has 0 fully saturated rings. The second-order valence-corrected chi connectivity index (χ2v) is 10.1. The molecule has 6 heteroatoms. The lowest BCUT2D eigenvalue weighted by atomic mass is 10.0. The zero-order valence-corrected chi connectivity index (χ0v) is 22.7. The van der Waals surface area contributed by atoms with Crippen LogP contribution in [0.3, 0.4) is 0 Å². The Bertz CT molecular complexity index is 1360. The van der Waals surface area contributed by atoms with Crippen molar-refractivity contribution in [1.29, 1.82) is 0 Å². The Morgan fingerprint density at radius 3 is 2.61 bits per heavy atom. The summed E-state index contributed by atoms with van der Waals surface area (Å²) >= 11 is 0. The van der Waals surface area contributed by atoms with Gasteiger partial charge in [0.2, 0.25) is 0 Å². The molecule has 4 aromatic rings. The monoisotopic (exact) mass is 515 g/mol. The number of carbonyl (C=O) groups excluding carboxylic acids is 1. The quantitative estimate of drug-likeness (QED) is 0.191. The third-order valence-corrected chi connectivity index (χ3v) is 6.79. The summed E-state index contributed by atoms with van der Waals surface area (Å²) in [6.45, 7) is 8.50. The van der Waals surface area contributed by atoms with Crippen molar-refractivity contribution in [2.75, 3.05) is 13.2 Å². The molecule has 1 aromatic heterocycles. The summed E-state index contributed by atoms with van der Waals surface area (Å²) in [5.41, 5.74) is 4.71. The van der Waals surface area contributed by atoms with E-state index in [9.17, 15) is 9.18 Å². The van der Waals surface area contributed by atoms with E-state index >= 15 is 0 Å². The lowest BCUT2D eigenvalue weighted by molar-refractivity contribution is 0.0949. The number of benzene rings is 3. The van der Waals surface area contributed by atoms with Gasteiger partial charge in [-0.2, -0.15) is 0 Å². The topological polar surface area (TPSA) is 56.1 Å². The summed E-state index contributed by atoms with van der Waals surface area (Å²) in [5.74, 6) is 1.63. The van der Waals surface area contributed by atoms with Crippen LogP contribution in [0.25, 0.3) is 11.0 Å². The van der Waals surface area contributed by atoms with Gasteiger partial charge < -0.3 is 14.6 Å². The normalized spacial score (nSPS) is 11.3. The Morgan fingerprint density at radius 1 is 1.00 bits per heavy atom. The molecule has 0 aliphatic heterocycles. The summed E-state index contributed by atoms with van der Waals surface area (Å²) in [7, 11) is 0. The SMILES string of the molecule is Cc1ccc(C(C)C)c(OCCCn2c(CCCCCNC(=O)c3ccccc3F)nc3ccccc32)c1. The Morgan fingerprint density at radius 2 is 1.79 bits per heavy atom. The number of amides is 1. The molecule has 0 atom stereocenters. The summed E-state index contributed by atoms with van der Waals surface area (Å²) in [6, 6.07) is 20.8. The van der Waals surface area contributed by atoms with Crippen molar-refractivity contribution in [2.45, 2.75) is 65.3 Å². The molecule has 0 spiro atoms. The van der Waals surface area contributed by atoms with Crippen molar-refractivity contribution in [2.24, 2.45) is 0 Å². The van der Waals surface area contributed by atoms with Crippen molar-refractivity contribution in [3.8, 4) is 5.75 Å². The van der Waals surface area contributed by atoms with Gasteiger partial charge in [-0.1, -0.05) is 56.7 Å². The second kappa shape index (κ2) is 13.2. The van der Waals surface area contributed by atoms with E-state index in [0.717, 1.165) is 61.3 Å². The number of nitrogens with one attached hydrogen (secondary N) is 1. The van der Waals surface area contributed by atoms with Crippen LogP contribution in [0.5, 0.6) is 5.75 Å². The molecular weight excluding hydrogens is 477 g/mol. The number of nitrogens with zero attached hydrogens (tertiary/aromatic N) is 2. The van der Waals surface area contributed by atoms with Gasteiger partial charge >= 0.3 is 0 Å². The summed E-state index contributed by atoms with van der Waals surface area (Å²) in [6.07, 6.45) is 4.52. The molecule has 1 amide bonds. The molecule has 38 heavy (non-hydrogen) atoms. The highest BCUT2D eigenvalue weighted by Gasteiger charge is 2.12. The Labute approximate surface area is 225 Å². The zero-order valence-electron chi connectivity index (χ0n) is 22.7. The van der Waals surface area contributed by atoms with Crippen molar-refractivity contribution >= 4 is 16.9 Å². The number of para-hydroxylation sites is 2. The van der Waals surface area contributed by atoms with Crippen LogP contribution in [0.4, 0.5) is 4.39 Å². The fourth-order valence-corrected chi connectivity index (χ4v) is 4.74. The van der Waals surface area contributed by atoms with Crippen LogP contribution >= 0.6 is 0 Å². The maximum absolute atomic E-state index is 13.8. The molecule has 1 heterocycles. The number of ether oxygens (including phenoxy) is 1. The Hall–Kier alpha value is -3.67. The molecule has 1 N–H and O–H groups in total. The van der Waals surface area contributed by atoms with E-state index in [1.165, 1.54) is 23.3 Å². The van der Waals surface area contributed by atoms with Crippen molar-refractivity contribution < 1.29 is 13.9 Å². The molecule has 0 radical (unpaired) electrons. The molecular formula is C32H38FN3O2. The van der Waals surface area contributed by atoms with Gasteiger partial charge in [0.1, 0.15) is 17.4 Å².